The fourth-order valence-electron chi connectivity index (χ4n) is 2.64. The van der Waals surface area contributed by atoms with Gasteiger partial charge in [-0.1, -0.05) is 37.3 Å². The first-order valence-corrected chi connectivity index (χ1v) is 8.41. The van der Waals surface area contributed by atoms with Crippen LogP contribution in [0.3, 0.4) is 0 Å². The van der Waals surface area contributed by atoms with Crippen molar-refractivity contribution in [1.82, 2.24) is 10.2 Å². The Bertz CT molecular complexity index is 875. The van der Waals surface area contributed by atoms with Crippen molar-refractivity contribution in [3.63, 3.8) is 0 Å². The third-order valence-electron chi connectivity index (χ3n) is 3.93. The molecule has 1 amide bonds. The Labute approximate surface area is 152 Å². The summed E-state index contributed by atoms with van der Waals surface area (Å²) in [5.74, 6) is 1.09. The average molecular weight is 351 g/mol. The molecular formula is C20H21N3O3. The summed E-state index contributed by atoms with van der Waals surface area (Å²) in [4.78, 5) is 12.4. The molecule has 0 unspecified atom stereocenters. The molecule has 2 aromatic carbocycles. The van der Waals surface area contributed by atoms with Crippen molar-refractivity contribution in [1.29, 1.82) is 0 Å². The Morgan fingerprint density at radius 3 is 2.58 bits per heavy atom. The third-order valence-corrected chi connectivity index (χ3v) is 3.93. The predicted molar refractivity (Wildman–Crippen MR) is 101 cm³/mol. The molecule has 0 fully saturated rings. The number of carbonyl (C=O) groups is 1. The standard InChI is InChI=1S/C20H21N3O3/c1-3-16-20(21-18(24)13-26-14-9-5-4-6-10-14)19(23-22-16)15-11-7-8-12-17(15)25-2/h4-12H,3,13H2,1-2H3,(H,21,24)(H,22,23). The Kier molecular flexibility index (Phi) is 5.53. The molecule has 0 aliphatic heterocycles. The number of rotatable bonds is 7. The number of benzene rings is 2. The highest BCUT2D eigenvalue weighted by atomic mass is 16.5. The van der Waals surface area contributed by atoms with Gasteiger partial charge in [-0.2, -0.15) is 5.10 Å². The van der Waals surface area contributed by atoms with Gasteiger partial charge in [0.1, 0.15) is 17.2 Å². The number of hydrogen-bond donors (Lipinski definition) is 2. The van der Waals surface area contributed by atoms with Gasteiger partial charge in [-0.25, -0.2) is 0 Å². The van der Waals surface area contributed by atoms with Crippen LogP contribution in [0, 0.1) is 0 Å². The van der Waals surface area contributed by atoms with Gasteiger partial charge in [0.25, 0.3) is 5.91 Å². The summed E-state index contributed by atoms with van der Waals surface area (Å²) in [6.07, 6.45) is 0.706. The molecular weight excluding hydrogens is 330 g/mol. The van der Waals surface area contributed by atoms with Gasteiger partial charge in [0.2, 0.25) is 0 Å². The maximum Gasteiger partial charge on any atom is 0.262 e. The minimum Gasteiger partial charge on any atom is -0.496 e. The van der Waals surface area contributed by atoms with E-state index in [2.05, 4.69) is 15.5 Å². The van der Waals surface area contributed by atoms with E-state index >= 15 is 0 Å². The molecule has 0 saturated heterocycles. The number of nitrogens with zero attached hydrogens (tertiary/aromatic N) is 1. The summed E-state index contributed by atoms with van der Waals surface area (Å²) in [6, 6.07) is 16.8. The van der Waals surface area contributed by atoms with E-state index in [1.165, 1.54) is 0 Å². The molecule has 0 aliphatic carbocycles. The van der Waals surface area contributed by atoms with Crippen LogP contribution in [0.25, 0.3) is 11.3 Å². The van der Waals surface area contributed by atoms with Crippen molar-refractivity contribution < 1.29 is 14.3 Å². The van der Waals surface area contributed by atoms with Gasteiger partial charge in [-0.3, -0.25) is 9.89 Å². The van der Waals surface area contributed by atoms with Gasteiger partial charge in [0.05, 0.1) is 18.5 Å². The molecule has 0 aliphatic rings. The zero-order valence-electron chi connectivity index (χ0n) is 14.8. The van der Waals surface area contributed by atoms with E-state index in [1.54, 1.807) is 7.11 Å². The Balaban J connectivity index is 1.80. The Morgan fingerprint density at radius 2 is 1.85 bits per heavy atom. The molecule has 1 heterocycles. The van der Waals surface area contributed by atoms with Gasteiger partial charge in [-0.05, 0) is 30.7 Å². The van der Waals surface area contributed by atoms with E-state index < -0.39 is 0 Å². The van der Waals surface area contributed by atoms with Crippen molar-refractivity contribution in [2.45, 2.75) is 13.3 Å². The number of hydrogen-bond acceptors (Lipinski definition) is 4. The summed E-state index contributed by atoms with van der Waals surface area (Å²) in [5, 5.41) is 10.3. The molecule has 6 nitrogen and oxygen atoms in total. The number of aryl methyl sites for hydroxylation is 1. The SMILES string of the molecule is CCc1[nH]nc(-c2ccccc2OC)c1NC(=O)COc1ccccc1. The summed E-state index contributed by atoms with van der Waals surface area (Å²) >= 11 is 0. The minimum absolute atomic E-state index is 0.0797. The molecule has 0 bridgehead atoms. The fraction of sp³-hybridized carbons (Fsp3) is 0.200. The van der Waals surface area contributed by atoms with Crippen molar-refractivity contribution in [2.24, 2.45) is 0 Å². The van der Waals surface area contributed by atoms with Gasteiger partial charge in [-0.15, -0.1) is 0 Å². The first-order valence-electron chi connectivity index (χ1n) is 8.41. The van der Waals surface area contributed by atoms with E-state index in [-0.39, 0.29) is 12.5 Å². The molecule has 3 rings (SSSR count). The van der Waals surface area contributed by atoms with Crippen molar-refractivity contribution in [3.8, 4) is 22.8 Å². The maximum atomic E-state index is 12.4. The number of ether oxygens (including phenoxy) is 2. The van der Waals surface area contributed by atoms with Gasteiger partial charge in [0, 0.05) is 5.56 Å². The normalized spacial score (nSPS) is 10.4. The highest BCUT2D eigenvalue weighted by Crippen LogP contribution is 2.35. The van der Waals surface area contributed by atoms with Crippen molar-refractivity contribution in [3.05, 3.63) is 60.3 Å². The summed E-state index contributed by atoms with van der Waals surface area (Å²) in [7, 11) is 1.61. The monoisotopic (exact) mass is 351 g/mol. The zero-order chi connectivity index (χ0) is 18.4. The fourth-order valence-corrected chi connectivity index (χ4v) is 2.64. The lowest BCUT2D eigenvalue weighted by molar-refractivity contribution is -0.118. The minimum atomic E-state index is -0.249. The molecule has 0 radical (unpaired) electrons. The largest absolute Gasteiger partial charge is 0.496 e. The van der Waals surface area contributed by atoms with Gasteiger partial charge < -0.3 is 14.8 Å². The van der Waals surface area contributed by atoms with Crippen LogP contribution in [-0.2, 0) is 11.2 Å². The third kappa shape index (κ3) is 3.85. The number of aromatic amines is 1. The Morgan fingerprint density at radius 1 is 1.12 bits per heavy atom. The number of carbonyl (C=O) groups excluding carboxylic acids is 1. The number of methoxy groups -OCH3 is 1. The topological polar surface area (TPSA) is 76.2 Å². The number of H-pyrrole nitrogens is 1. The van der Waals surface area contributed by atoms with E-state index in [4.69, 9.17) is 9.47 Å². The van der Waals surface area contributed by atoms with Crippen LogP contribution in [0.2, 0.25) is 0 Å². The zero-order valence-corrected chi connectivity index (χ0v) is 14.8. The van der Waals surface area contributed by atoms with Crippen LogP contribution in [0.15, 0.2) is 54.6 Å². The molecule has 134 valence electrons. The second-order valence-electron chi connectivity index (χ2n) is 5.63. The summed E-state index contributed by atoms with van der Waals surface area (Å²) in [5.41, 5.74) is 2.95. The molecule has 0 atom stereocenters. The van der Waals surface area contributed by atoms with Crippen LogP contribution in [0.1, 0.15) is 12.6 Å². The highest BCUT2D eigenvalue weighted by Gasteiger charge is 2.19. The molecule has 0 spiro atoms. The lowest BCUT2D eigenvalue weighted by Crippen LogP contribution is -2.21. The average Bonchev–Trinajstić information content (AvgIpc) is 3.09. The molecule has 3 aromatic rings. The van der Waals surface area contributed by atoms with Crippen molar-refractivity contribution >= 4 is 11.6 Å². The number of anilines is 1. The lowest BCUT2D eigenvalue weighted by Gasteiger charge is -2.11. The van der Waals surface area contributed by atoms with E-state index in [9.17, 15) is 4.79 Å². The number of amides is 1. The van der Waals surface area contributed by atoms with Gasteiger partial charge in [0.15, 0.2) is 6.61 Å². The van der Waals surface area contributed by atoms with Crippen molar-refractivity contribution in [2.75, 3.05) is 19.0 Å². The maximum absolute atomic E-state index is 12.4. The van der Waals surface area contributed by atoms with Crippen LogP contribution in [0.5, 0.6) is 11.5 Å². The highest BCUT2D eigenvalue weighted by molar-refractivity contribution is 5.97. The number of aromatic nitrogens is 2. The van der Waals surface area contributed by atoms with Crippen LogP contribution < -0.4 is 14.8 Å². The molecule has 26 heavy (non-hydrogen) atoms. The molecule has 1 aromatic heterocycles. The van der Waals surface area contributed by atoms with E-state index in [0.717, 1.165) is 11.3 Å². The summed E-state index contributed by atoms with van der Waals surface area (Å²) < 4.78 is 10.9. The molecule has 0 saturated carbocycles. The van der Waals surface area contributed by atoms with E-state index in [1.807, 2.05) is 61.5 Å². The van der Waals surface area contributed by atoms with E-state index in [0.29, 0.717) is 29.3 Å². The quantitative estimate of drug-likeness (QED) is 0.681. The molecule has 6 heteroatoms. The second-order valence-corrected chi connectivity index (χ2v) is 5.63. The Hall–Kier alpha value is -3.28. The smallest absolute Gasteiger partial charge is 0.262 e. The van der Waals surface area contributed by atoms with Crippen LogP contribution >= 0.6 is 0 Å². The number of para-hydroxylation sites is 2. The predicted octanol–water partition coefficient (Wildman–Crippen LogP) is 3.67. The summed E-state index contributed by atoms with van der Waals surface area (Å²) in [6.45, 7) is 1.92. The van der Waals surface area contributed by atoms with Gasteiger partial charge >= 0.3 is 0 Å². The van der Waals surface area contributed by atoms with Crippen LogP contribution in [0.4, 0.5) is 5.69 Å². The lowest BCUT2D eigenvalue weighted by atomic mass is 10.1. The molecule has 2 N–H and O–H groups in total. The first-order chi connectivity index (χ1) is 12.7. The number of nitrogens with one attached hydrogen (secondary N) is 2. The van der Waals surface area contributed by atoms with Crippen LogP contribution in [-0.4, -0.2) is 29.8 Å². The second kappa shape index (κ2) is 8.20. The first kappa shape index (κ1) is 17.5.